The number of carbonyl (C=O) groups is 2. The van der Waals surface area contributed by atoms with E-state index in [1.54, 1.807) is 6.92 Å². The summed E-state index contributed by atoms with van der Waals surface area (Å²) in [7, 11) is 1.48. The molecule has 0 aromatic heterocycles. The molecule has 7 heteroatoms. The van der Waals surface area contributed by atoms with Crippen molar-refractivity contribution >= 4 is 30.0 Å². The van der Waals surface area contributed by atoms with Crippen LogP contribution in [0.5, 0.6) is 0 Å². The first-order valence-electron chi connectivity index (χ1n) is 6.71. The van der Waals surface area contributed by atoms with Gasteiger partial charge >= 0.3 is 6.03 Å². The molecule has 3 N–H and O–H groups in total. The van der Waals surface area contributed by atoms with Crippen LogP contribution in [0.3, 0.4) is 0 Å². The fourth-order valence-corrected chi connectivity index (χ4v) is 2.31. The molecule has 0 fully saturated rings. The zero-order chi connectivity index (χ0) is 14.5. The van der Waals surface area contributed by atoms with Crippen molar-refractivity contribution in [2.24, 2.45) is 0 Å². The molecule has 2 rings (SSSR count). The van der Waals surface area contributed by atoms with Crippen LogP contribution < -0.4 is 20.9 Å². The van der Waals surface area contributed by atoms with Crippen LogP contribution in [-0.4, -0.2) is 38.1 Å². The second kappa shape index (κ2) is 7.85. The predicted octanol–water partition coefficient (Wildman–Crippen LogP) is 0.862. The summed E-state index contributed by atoms with van der Waals surface area (Å²) in [5, 5.41) is 8.04. The zero-order valence-electron chi connectivity index (χ0n) is 12.2. The van der Waals surface area contributed by atoms with Gasteiger partial charge in [0.1, 0.15) is 6.04 Å². The molecule has 0 radical (unpaired) electrons. The number of fused-ring (bicyclic) bond motifs is 1. The van der Waals surface area contributed by atoms with Crippen molar-refractivity contribution in [2.75, 3.05) is 25.0 Å². The first-order chi connectivity index (χ1) is 9.63. The van der Waals surface area contributed by atoms with Crippen LogP contribution in [0.1, 0.15) is 12.5 Å². The lowest BCUT2D eigenvalue weighted by Gasteiger charge is -2.30. The second-order valence-corrected chi connectivity index (χ2v) is 4.74. The van der Waals surface area contributed by atoms with E-state index in [1.807, 2.05) is 29.2 Å². The Morgan fingerprint density at radius 2 is 2.05 bits per heavy atom. The van der Waals surface area contributed by atoms with Crippen molar-refractivity contribution in [1.29, 1.82) is 0 Å². The molecule has 0 spiro atoms. The molecule has 0 saturated carbocycles. The van der Waals surface area contributed by atoms with Crippen molar-refractivity contribution in [2.45, 2.75) is 19.5 Å². The average Bonchev–Trinajstić information content (AvgIpc) is 2.68. The summed E-state index contributed by atoms with van der Waals surface area (Å²) in [6.45, 7) is 4.11. The highest BCUT2D eigenvalue weighted by Crippen LogP contribution is 2.24. The average molecular weight is 313 g/mol. The van der Waals surface area contributed by atoms with Gasteiger partial charge in [-0.1, -0.05) is 18.2 Å². The molecule has 1 unspecified atom stereocenters. The maximum atomic E-state index is 12.1. The summed E-state index contributed by atoms with van der Waals surface area (Å²) in [6, 6.07) is 7.10. The molecule has 3 amide bonds. The molecular formula is C14H21ClN4O2. The third-order valence-electron chi connectivity index (χ3n) is 3.46. The molecule has 1 aromatic rings. The van der Waals surface area contributed by atoms with Gasteiger partial charge in [-0.3, -0.25) is 10.1 Å². The molecule has 1 aliphatic rings. The number of hydrogen-bond donors (Lipinski definition) is 3. The fourth-order valence-electron chi connectivity index (χ4n) is 2.31. The topological polar surface area (TPSA) is 73.5 Å². The number of benzene rings is 1. The fraction of sp³-hybridized carbons (Fsp3) is 0.429. The number of nitrogens with one attached hydrogen (secondary N) is 3. The van der Waals surface area contributed by atoms with Gasteiger partial charge in [0.15, 0.2) is 0 Å². The standard InChI is InChI=1S/C14H20N4O2.ClH/c1-10(13(19)17-14(20)15-2)18-8-7-16-9-11-5-3-4-6-12(11)18;/h3-6,10,16H,7-9H2,1-2H3,(H2,15,17,19,20);1H. The first kappa shape index (κ1) is 17.3. The lowest BCUT2D eigenvalue weighted by atomic mass is 10.1. The van der Waals surface area contributed by atoms with Gasteiger partial charge in [-0.05, 0) is 18.6 Å². The Morgan fingerprint density at radius 3 is 2.76 bits per heavy atom. The SMILES string of the molecule is CNC(=O)NC(=O)C(C)N1CCNCc2ccccc21.Cl. The van der Waals surface area contributed by atoms with Crippen molar-refractivity contribution in [3.05, 3.63) is 29.8 Å². The zero-order valence-corrected chi connectivity index (χ0v) is 13.0. The van der Waals surface area contributed by atoms with E-state index in [0.29, 0.717) is 0 Å². The Morgan fingerprint density at radius 1 is 1.33 bits per heavy atom. The summed E-state index contributed by atoms with van der Waals surface area (Å²) < 4.78 is 0. The van der Waals surface area contributed by atoms with Crippen LogP contribution in [0, 0.1) is 0 Å². The number of carbonyl (C=O) groups excluding carboxylic acids is 2. The van der Waals surface area contributed by atoms with Crippen LogP contribution >= 0.6 is 12.4 Å². The van der Waals surface area contributed by atoms with E-state index >= 15 is 0 Å². The van der Waals surface area contributed by atoms with E-state index in [0.717, 1.165) is 30.9 Å². The van der Waals surface area contributed by atoms with Crippen LogP contribution in [0.4, 0.5) is 10.5 Å². The number of imide groups is 1. The first-order valence-corrected chi connectivity index (χ1v) is 6.71. The maximum Gasteiger partial charge on any atom is 0.321 e. The molecule has 6 nitrogen and oxygen atoms in total. The Labute approximate surface area is 130 Å². The van der Waals surface area contributed by atoms with Crippen molar-refractivity contribution in [3.8, 4) is 0 Å². The molecule has 1 heterocycles. The highest BCUT2D eigenvalue weighted by Gasteiger charge is 2.25. The van der Waals surface area contributed by atoms with E-state index in [-0.39, 0.29) is 18.3 Å². The summed E-state index contributed by atoms with van der Waals surface area (Å²) in [6.07, 6.45) is 0. The van der Waals surface area contributed by atoms with E-state index < -0.39 is 12.1 Å². The number of nitrogens with zero attached hydrogens (tertiary/aromatic N) is 1. The molecule has 21 heavy (non-hydrogen) atoms. The van der Waals surface area contributed by atoms with Crippen LogP contribution in [-0.2, 0) is 11.3 Å². The normalized spacial score (nSPS) is 15.0. The summed E-state index contributed by atoms with van der Waals surface area (Å²) in [5.41, 5.74) is 2.20. The molecule has 1 aromatic carbocycles. The number of para-hydroxylation sites is 1. The Hall–Kier alpha value is -1.79. The lowest BCUT2D eigenvalue weighted by Crippen LogP contribution is -2.50. The number of hydrogen-bond acceptors (Lipinski definition) is 4. The number of halogens is 1. The minimum Gasteiger partial charge on any atom is -0.358 e. The molecule has 116 valence electrons. The second-order valence-electron chi connectivity index (χ2n) is 4.74. The van der Waals surface area contributed by atoms with E-state index in [4.69, 9.17) is 0 Å². The Balaban J connectivity index is 0.00000220. The van der Waals surface area contributed by atoms with Gasteiger partial charge in [-0.2, -0.15) is 0 Å². The molecule has 1 atom stereocenters. The highest BCUT2D eigenvalue weighted by molar-refractivity contribution is 5.98. The lowest BCUT2D eigenvalue weighted by molar-refractivity contribution is -0.121. The summed E-state index contributed by atoms with van der Waals surface area (Å²) in [5.74, 6) is -0.305. The van der Waals surface area contributed by atoms with Gasteiger partial charge in [0.05, 0.1) is 0 Å². The quantitative estimate of drug-likeness (QED) is 0.757. The molecule has 1 aliphatic heterocycles. The molecule has 0 aliphatic carbocycles. The van der Waals surface area contributed by atoms with Crippen LogP contribution in [0.15, 0.2) is 24.3 Å². The summed E-state index contributed by atoms with van der Waals surface area (Å²) >= 11 is 0. The number of amides is 3. The minimum atomic E-state index is -0.483. The van der Waals surface area contributed by atoms with E-state index in [2.05, 4.69) is 16.0 Å². The largest absolute Gasteiger partial charge is 0.358 e. The molecule has 0 bridgehead atoms. The molecule has 0 saturated heterocycles. The van der Waals surface area contributed by atoms with Gasteiger partial charge in [0.25, 0.3) is 0 Å². The van der Waals surface area contributed by atoms with Crippen molar-refractivity contribution < 1.29 is 9.59 Å². The Kier molecular flexibility index (Phi) is 6.45. The van der Waals surface area contributed by atoms with Crippen molar-refractivity contribution in [1.82, 2.24) is 16.0 Å². The van der Waals surface area contributed by atoms with Crippen LogP contribution in [0.25, 0.3) is 0 Å². The minimum absolute atomic E-state index is 0. The summed E-state index contributed by atoms with van der Waals surface area (Å²) in [4.78, 5) is 25.4. The monoisotopic (exact) mass is 312 g/mol. The van der Waals surface area contributed by atoms with Gasteiger partial charge in [0.2, 0.25) is 5.91 Å². The van der Waals surface area contributed by atoms with E-state index in [1.165, 1.54) is 7.05 Å². The highest BCUT2D eigenvalue weighted by atomic mass is 35.5. The molecular weight excluding hydrogens is 292 g/mol. The number of urea groups is 1. The predicted molar refractivity (Wildman–Crippen MR) is 84.8 cm³/mol. The third kappa shape index (κ3) is 4.09. The van der Waals surface area contributed by atoms with E-state index in [9.17, 15) is 9.59 Å². The number of anilines is 1. The Bertz CT molecular complexity index is 510. The smallest absolute Gasteiger partial charge is 0.321 e. The number of rotatable bonds is 2. The maximum absolute atomic E-state index is 12.1. The van der Waals surface area contributed by atoms with Gasteiger partial charge in [-0.25, -0.2) is 4.79 Å². The van der Waals surface area contributed by atoms with Gasteiger partial charge in [-0.15, -0.1) is 12.4 Å². The van der Waals surface area contributed by atoms with Gasteiger partial charge < -0.3 is 15.5 Å². The van der Waals surface area contributed by atoms with Crippen LogP contribution in [0.2, 0.25) is 0 Å². The van der Waals surface area contributed by atoms with Gasteiger partial charge in [0, 0.05) is 32.4 Å². The third-order valence-corrected chi connectivity index (χ3v) is 3.46. The van der Waals surface area contributed by atoms with Crippen molar-refractivity contribution in [3.63, 3.8) is 0 Å².